The SMILES string of the molecule is O=[N+]([O-])c1cc(Cl)ccc1CNCC1(O)CCCC1. The van der Waals surface area contributed by atoms with Crippen LogP contribution in [0.5, 0.6) is 0 Å². The van der Waals surface area contributed by atoms with Crippen LogP contribution in [0.3, 0.4) is 0 Å². The lowest BCUT2D eigenvalue weighted by atomic mass is 10.0. The van der Waals surface area contributed by atoms with Crippen molar-refractivity contribution in [2.75, 3.05) is 6.54 Å². The van der Waals surface area contributed by atoms with Gasteiger partial charge in [0.25, 0.3) is 5.69 Å². The van der Waals surface area contributed by atoms with Crippen molar-refractivity contribution in [3.63, 3.8) is 0 Å². The molecule has 6 heteroatoms. The van der Waals surface area contributed by atoms with Gasteiger partial charge in [-0.25, -0.2) is 0 Å². The Morgan fingerprint density at radius 2 is 2.11 bits per heavy atom. The average molecular weight is 285 g/mol. The van der Waals surface area contributed by atoms with Crippen LogP contribution in [0.1, 0.15) is 31.2 Å². The molecule has 0 bridgehead atoms. The number of benzene rings is 1. The Balaban J connectivity index is 1.97. The second-order valence-corrected chi connectivity index (χ2v) is 5.50. The summed E-state index contributed by atoms with van der Waals surface area (Å²) in [6.07, 6.45) is 3.67. The maximum absolute atomic E-state index is 10.9. The molecule has 2 rings (SSSR count). The number of nitrogens with zero attached hydrogens (tertiary/aromatic N) is 1. The smallest absolute Gasteiger partial charge is 0.275 e. The van der Waals surface area contributed by atoms with Crippen molar-refractivity contribution >= 4 is 17.3 Å². The summed E-state index contributed by atoms with van der Waals surface area (Å²) in [4.78, 5) is 10.5. The standard InChI is InChI=1S/C13H17ClN2O3/c14-11-4-3-10(12(7-11)16(18)19)8-15-9-13(17)5-1-2-6-13/h3-4,7,15,17H,1-2,5-6,8-9H2. The van der Waals surface area contributed by atoms with Gasteiger partial charge in [-0.1, -0.05) is 24.4 Å². The molecule has 1 aliphatic rings. The maximum Gasteiger partial charge on any atom is 0.275 e. The molecule has 1 fully saturated rings. The minimum Gasteiger partial charge on any atom is -0.389 e. The molecule has 2 N–H and O–H groups in total. The summed E-state index contributed by atoms with van der Waals surface area (Å²) >= 11 is 5.76. The van der Waals surface area contributed by atoms with Gasteiger partial charge in [0.1, 0.15) is 0 Å². The molecule has 1 aliphatic carbocycles. The molecule has 0 saturated heterocycles. The van der Waals surface area contributed by atoms with E-state index in [1.54, 1.807) is 12.1 Å². The van der Waals surface area contributed by atoms with E-state index in [1.807, 2.05) is 0 Å². The minimum absolute atomic E-state index is 0.0124. The van der Waals surface area contributed by atoms with E-state index in [9.17, 15) is 15.2 Å². The lowest BCUT2D eigenvalue weighted by Gasteiger charge is -2.22. The van der Waals surface area contributed by atoms with E-state index in [0.29, 0.717) is 23.7 Å². The van der Waals surface area contributed by atoms with E-state index in [4.69, 9.17) is 11.6 Å². The molecule has 0 heterocycles. The lowest BCUT2D eigenvalue weighted by Crippen LogP contribution is -2.37. The molecule has 0 radical (unpaired) electrons. The molecule has 5 nitrogen and oxygen atoms in total. The number of halogens is 1. The maximum atomic E-state index is 10.9. The largest absolute Gasteiger partial charge is 0.389 e. The normalized spacial score (nSPS) is 17.6. The Morgan fingerprint density at radius 1 is 1.42 bits per heavy atom. The fourth-order valence-corrected chi connectivity index (χ4v) is 2.66. The van der Waals surface area contributed by atoms with E-state index < -0.39 is 10.5 Å². The minimum atomic E-state index is -0.652. The van der Waals surface area contributed by atoms with Gasteiger partial charge in [-0.05, 0) is 25.0 Å². The zero-order valence-corrected chi connectivity index (χ0v) is 11.3. The van der Waals surface area contributed by atoms with Crippen molar-refractivity contribution in [1.29, 1.82) is 0 Å². The fraction of sp³-hybridized carbons (Fsp3) is 0.538. The highest BCUT2D eigenvalue weighted by Crippen LogP contribution is 2.29. The average Bonchev–Trinajstić information content (AvgIpc) is 2.78. The number of nitrogens with one attached hydrogen (secondary N) is 1. The second-order valence-electron chi connectivity index (χ2n) is 5.07. The Bertz CT molecular complexity index is 473. The van der Waals surface area contributed by atoms with Crippen molar-refractivity contribution in [2.45, 2.75) is 37.8 Å². The fourth-order valence-electron chi connectivity index (χ4n) is 2.50. The zero-order chi connectivity index (χ0) is 13.9. The Hall–Kier alpha value is -1.17. The quantitative estimate of drug-likeness (QED) is 0.644. The number of rotatable bonds is 5. The topological polar surface area (TPSA) is 75.4 Å². The Kier molecular flexibility index (Phi) is 4.39. The number of aliphatic hydroxyl groups is 1. The number of hydrogen-bond acceptors (Lipinski definition) is 4. The highest BCUT2D eigenvalue weighted by Gasteiger charge is 2.30. The molecule has 0 aromatic heterocycles. The van der Waals surface area contributed by atoms with Gasteiger partial charge >= 0.3 is 0 Å². The Labute approximate surface area is 116 Å². The Morgan fingerprint density at radius 3 is 2.74 bits per heavy atom. The summed E-state index contributed by atoms with van der Waals surface area (Å²) in [6.45, 7) is 0.822. The highest BCUT2D eigenvalue weighted by atomic mass is 35.5. The zero-order valence-electron chi connectivity index (χ0n) is 10.6. The molecule has 19 heavy (non-hydrogen) atoms. The van der Waals surface area contributed by atoms with Crippen LogP contribution in [0.2, 0.25) is 5.02 Å². The van der Waals surface area contributed by atoms with Crippen LogP contribution in [0.25, 0.3) is 0 Å². The summed E-state index contributed by atoms with van der Waals surface area (Å²) in [5, 5.41) is 24.6. The van der Waals surface area contributed by atoms with E-state index in [2.05, 4.69) is 5.32 Å². The summed E-state index contributed by atoms with van der Waals surface area (Å²) in [7, 11) is 0. The van der Waals surface area contributed by atoms with Crippen LogP contribution in [0.15, 0.2) is 18.2 Å². The first-order valence-electron chi connectivity index (χ1n) is 6.36. The molecule has 0 atom stereocenters. The van der Waals surface area contributed by atoms with Crippen molar-refractivity contribution < 1.29 is 10.0 Å². The van der Waals surface area contributed by atoms with E-state index >= 15 is 0 Å². The van der Waals surface area contributed by atoms with Gasteiger partial charge in [0.15, 0.2) is 0 Å². The molecule has 1 aromatic rings. The predicted octanol–water partition coefficient (Wildman–Crippen LogP) is 2.64. The van der Waals surface area contributed by atoms with E-state index in [0.717, 1.165) is 25.7 Å². The number of nitro groups is 1. The first-order valence-corrected chi connectivity index (χ1v) is 6.74. The van der Waals surface area contributed by atoms with Crippen molar-refractivity contribution in [2.24, 2.45) is 0 Å². The molecular formula is C13H17ClN2O3. The van der Waals surface area contributed by atoms with Gasteiger partial charge in [0.05, 0.1) is 10.5 Å². The summed E-state index contributed by atoms with van der Waals surface area (Å²) in [5.74, 6) is 0. The third-order valence-electron chi connectivity index (χ3n) is 3.55. The van der Waals surface area contributed by atoms with Crippen LogP contribution in [0.4, 0.5) is 5.69 Å². The van der Waals surface area contributed by atoms with Crippen LogP contribution in [-0.2, 0) is 6.54 Å². The first kappa shape index (κ1) is 14.2. The summed E-state index contributed by atoms with van der Waals surface area (Å²) < 4.78 is 0. The molecule has 1 saturated carbocycles. The van der Waals surface area contributed by atoms with Crippen molar-refractivity contribution in [3.8, 4) is 0 Å². The molecule has 0 spiro atoms. The molecule has 104 valence electrons. The third kappa shape index (κ3) is 3.65. The van der Waals surface area contributed by atoms with Crippen molar-refractivity contribution in [3.05, 3.63) is 38.9 Å². The first-order chi connectivity index (χ1) is 9.00. The van der Waals surface area contributed by atoms with Gasteiger partial charge < -0.3 is 10.4 Å². The van der Waals surface area contributed by atoms with Gasteiger partial charge in [-0.3, -0.25) is 10.1 Å². The number of nitro benzene ring substituents is 1. The summed E-state index contributed by atoms with van der Waals surface area (Å²) in [5.41, 5.74) is -0.0595. The van der Waals surface area contributed by atoms with Crippen LogP contribution in [0, 0.1) is 10.1 Å². The van der Waals surface area contributed by atoms with Gasteiger partial charge in [-0.2, -0.15) is 0 Å². The summed E-state index contributed by atoms with van der Waals surface area (Å²) in [6, 6.07) is 4.63. The second kappa shape index (κ2) is 5.86. The lowest BCUT2D eigenvalue weighted by molar-refractivity contribution is -0.385. The van der Waals surface area contributed by atoms with Crippen LogP contribution in [-0.4, -0.2) is 22.2 Å². The van der Waals surface area contributed by atoms with Crippen molar-refractivity contribution in [1.82, 2.24) is 5.32 Å². The molecule has 0 unspecified atom stereocenters. The van der Waals surface area contributed by atoms with E-state index in [-0.39, 0.29) is 5.69 Å². The van der Waals surface area contributed by atoms with Gasteiger partial charge in [0, 0.05) is 29.7 Å². The predicted molar refractivity (Wildman–Crippen MR) is 73.2 cm³/mol. The van der Waals surface area contributed by atoms with Gasteiger partial charge in [-0.15, -0.1) is 0 Å². The number of hydrogen-bond donors (Lipinski definition) is 2. The monoisotopic (exact) mass is 284 g/mol. The molecule has 1 aromatic carbocycles. The van der Waals surface area contributed by atoms with Crippen LogP contribution >= 0.6 is 11.6 Å². The highest BCUT2D eigenvalue weighted by molar-refractivity contribution is 6.30. The molecular weight excluding hydrogens is 268 g/mol. The van der Waals surface area contributed by atoms with Crippen LogP contribution < -0.4 is 5.32 Å². The van der Waals surface area contributed by atoms with Gasteiger partial charge in [0.2, 0.25) is 0 Å². The molecule has 0 amide bonds. The third-order valence-corrected chi connectivity index (χ3v) is 3.78. The van der Waals surface area contributed by atoms with E-state index in [1.165, 1.54) is 6.07 Å². The molecule has 0 aliphatic heterocycles.